The molecule has 0 aliphatic carbocycles. The second kappa shape index (κ2) is 7.46. The highest BCUT2D eigenvalue weighted by Crippen LogP contribution is 2.29. The quantitative estimate of drug-likeness (QED) is 0.475. The Bertz CT molecular complexity index is 1270. The van der Waals surface area contributed by atoms with Crippen LogP contribution < -0.4 is 4.31 Å². The lowest BCUT2D eigenvalue weighted by atomic mass is 10.2. The second-order valence-corrected chi connectivity index (χ2v) is 8.69. The van der Waals surface area contributed by atoms with E-state index in [4.69, 9.17) is 11.6 Å². The summed E-state index contributed by atoms with van der Waals surface area (Å²) in [6.45, 7) is 1.75. The molecule has 0 fully saturated rings. The van der Waals surface area contributed by atoms with Crippen LogP contribution in [-0.2, 0) is 16.6 Å². The third-order valence-corrected chi connectivity index (χ3v) is 6.54. The van der Waals surface area contributed by atoms with Gasteiger partial charge in [0.05, 0.1) is 12.2 Å². The third-order valence-electron chi connectivity index (χ3n) is 4.49. The van der Waals surface area contributed by atoms with Crippen molar-refractivity contribution in [2.75, 3.05) is 4.31 Å². The van der Waals surface area contributed by atoms with Gasteiger partial charge in [0.2, 0.25) is 0 Å². The van der Waals surface area contributed by atoms with Crippen molar-refractivity contribution in [1.29, 1.82) is 0 Å². The largest absolute Gasteiger partial charge is 0.286 e. The Balaban J connectivity index is 1.86. The molecule has 0 N–H and O–H groups in total. The number of sulfonamides is 1. The van der Waals surface area contributed by atoms with E-state index in [-0.39, 0.29) is 17.1 Å². The van der Waals surface area contributed by atoms with Gasteiger partial charge < -0.3 is 0 Å². The first-order valence-corrected chi connectivity index (χ1v) is 10.5. The number of nitrogens with zero attached hydrogens (tertiary/aromatic N) is 4. The average Bonchev–Trinajstić information content (AvgIpc) is 3.09. The molecule has 0 atom stereocenters. The van der Waals surface area contributed by atoms with Crippen LogP contribution in [0.5, 0.6) is 0 Å². The molecule has 6 nitrogen and oxygen atoms in total. The molecule has 0 aliphatic rings. The zero-order valence-electron chi connectivity index (χ0n) is 15.3. The topological polar surface area (TPSA) is 67.6 Å². The number of aromatic nitrogens is 3. The Hall–Kier alpha value is -2.97. The zero-order valence-corrected chi connectivity index (χ0v) is 16.9. The zero-order chi connectivity index (χ0) is 20.6. The summed E-state index contributed by atoms with van der Waals surface area (Å²) in [6.07, 6.45) is 1.70. The highest BCUT2D eigenvalue weighted by atomic mass is 35.5. The second-order valence-electron chi connectivity index (χ2n) is 6.43. The minimum Gasteiger partial charge on any atom is -0.286 e. The van der Waals surface area contributed by atoms with E-state index in [2.05, 4.69) is 10.2 Å². The minimum absolute atomic E-state index is 0.0123. The first-order valence-electron chi connectivity index (χ1n) is 8.69. The predicted octanol–water partition coefficient (Wildman–Crippen LogP) is 4.23. The first kappa shape index (κ1) is 19.4. The molecule has 0 radical (unpaired) electrons. The molecule has 2 aromatic heterocycles. The van der Waals surface area contributed by atoms with Gasteiger partial charge in [0.1, 0.15) is 16.5 Å². The molecule has 29 heavy (non-hydrogen) atoms. The highest BCUT2D eigenvalue weighted by molar-refractivity contribution is 7.93. The molecule has 4 rings (SSSR count). The molecule has 0 spiro atoms. The predicted molar refractivity (Wildman–Crippen MR) is 109 cm³/mol. The van der Waals surface area contributed by atoms with E-state index in [1.54, 1.807) is 60.0 Å². The lowest BCUT2D eigenvalue weighted by Gasteiger charge is -2.25. The number of pyridine rings is 1. The maximum Gasteiger partial charge on any atom is 0.268 e. The van der Waals surface area contributed by atoms with Gasteiger partial charge in [-0.05, 0) is 61.0 Å². The van der Waals surface area contributed by atoms with Crippen LogP contribution in [0.1, 0.15) is 11.4 Å². The molecular weight excluding hydrogens is 415 g/mol. The maximum absolute atomic E-state index is 13.7. The van der Waals surface area contributed by atoms with Crippen LogP contribution in [-0.4, -0.2) is 23.0 Å². The van der Waals surface area contributed by atoms with E-state index in [1.807, 2.05) is 0 Å². The summed E-state index contributed by atoms with van der Waals surface area (Å²) in [5.74, 6) is 0.187. The van der Waals surface area contributed by atoms with E-state index in [0.29, 0.717) is 22.1 Å². The van der Waals surface area contributed by atoms with Crippen LogP contribution in [0.4, 0.5) is 10.1 Å². The van der Waals surface area contributed by atoms with Gasteiger partial charge >= 0.3 is 0 Å². The summed E-state index contributed by atoms with van der Waals surface area (Å²) >= 11 is 5.97. The summed E-state index contributed by atoms with van der Waals surface area (Å²) in [5, 5.41) is 8.50. The highest BCUT2D eigenvalue weighted by Gasteiger charge is 2.28. The van der Waals surface area contributed by atoms with Crippen molar-refractivity contribution in [1.82, 2.24) is 14.6 Å². The molecule has 0 saturated carbocycles. The number of hydrogen-bond acceptors (Lipinski definition) is 4. The lowest BCUT2D eigenvalue weighted by molar-refractivity contribution is 0.590. The smallest absolute Gasteiger partial charge is 0.268 e. The van der Waals surface area contributed by atoms with Crippen LogP contribution in [0, 0.1) is 12.7 Å². The maximum atomic E-state index is 13.7. The van der Waals surface area contributed by atoms with Crippen LogP contribution in [0.2, 0.25) is 5.02 Å². The fourth-order valence-corrected chi connectivity index (χ4v) is 4.71. The molecule has 0 unspecified atom stereocenters. The summed E-state index contributed by atoms with van der Waals surface area (Å²) in [7, 11) is -4.02. The molecule has 2 heterocycles. The van der Waals surface area contributed by atoms with Crippen molar-refractivity contribution in [2.24, 2.45) is 0 Å². The fraction of sp³-hybridized carbons (Fsp3) is 0.100. The molecule has 9 heteroatoms. The molecule has 2 aromatic carbocycles. The van der Waals surface area contributed by atoms with E-state index < -0.39 is 15.8 Å². The Morgan fingerprint density at radius 3 is 2.41 bits per heavy atom. The Morgan fingerprint density at radius 1 is 1.03 bits per heavy atom. The van der Waals surface area contributed by atoms with Gasteiger partial charge in [0.25, 0.3) is 10.0 Å². The minimum atomic E-state index is -4.02. The molecular formula is C20H16ClFN4O2S. The van der Waals surface area contributed by atoms with E-state index >= 15 is 0 Å². The van der Waals surface area contributed by atoms with Gasteiger partial charge in [-0.2, -0.15) is 0 Å². The van der Waals surface area contributed by atoms with Crippen molar-refractivity contribution in [2.45, 2.75) is 18.4 Å². The van der Waals surface area contributed by atoms with Gasteiger partial charge in [-0.25, -0.2) is 12.8 Å². The number of aryl methyl sites for hydroxylation is 1. The fourth-order valence-electron chi connectivity index (χ4n) is 3.00. The lowest BCUT2D eigenvalue weighted by Crippen LogP contribution is -2.31. The molecule has 0 saturated heterocycles. The van der Waals surface area contributed by atoms with Gasteiger partial charge in [-0.1, -0.05) is 23.7 Å². The van der Waals surface area contributed by atoms with Crippen molar-refractivity contribution in [3.8, 4) is 0 Å². The number of fused-ring (bicyclic) bond motifs is 1. The number of rotatable bonds is 5. The van der Waals surface area contributed by atoms with Crippen molar-refractivity contribution < 1.29 is 12.8 Å². The SMILES string of the molecule is Cc1nnc2c(S(=O)(=O)N(Cc3ccc(F)cc3)c3ccc(Cl)cc3)cccn12. The van der Waals surface area contributed by atoms with E-state index in [9.17, 15) is 12.8 Å². The van der Waals surface area contributed by atoms with Gasteiger partial charge in [0, 0.05) is 11.2 Å². The molecule has 4 aromatic rings. The normalized spacial score (nSPS) is 11.7. The monoisotopic (exact) mass is 430 g/mol. The Kier molecular flexibility index (Phi) is 4.97. The van der Waals surface area contributed by atoms with Gasteiger partial charge in [-0.3, -0.25) is 8.71 Å². The van der Waals surface area contributed by atoms with Crippen LogP contribution >= 0.6 is 11.6 Å². The molecule has 0 bridgehead atoms. The standard InChI is InChI=1S/C20H16ClFN4O2S/c1-14-23-24-20-19(3-2-12-25(14)20)29(27,28)26(18-10-6-16(21)7-11-18)13-15-4-8-17(22)9-5-15/h2-12H,13H2,1H3. The van der Waals surface area contributed by atoms with E-state index in [0.717, 1.165) is 0 Å². The van der Waals surface area contributed by atoms with Crippen molar-refractivity contribution >= 4 is 33.0 Å². The molecule has 0 amide bonds. The van der Waals surface area contributed by atoms with E-state index in [1.165, 1.54) is 22.5 Å². The van der Waals surface area contributed by atoms with Gasteiger partial charge in [-0.15, -0.1) is 10.2 Å². The summed E-state index contributed by atoms with van der Waals surface area (Å²) < 4.78 is 43.5. The van der Waals surface area contributed by atoms with Crippen LogP contribution in [0.25, 0.3) is 5.65 Å². The van der Waals surface area contributed by atoms with Crippen molar-refractivity contribution in [3.05, 3.63) is 89.1 Å². The molecule has 148 valence electrons. The van der Waals surface area contributed by atoms with Crippen LogP contribution in [0.15, 0.2) is 71.8 Å². The van der Waals surface area contributed by atoms with Crippen LogP contribution in [0.3, 0.4) is 0 Å². The van der Waals surface area contributed by atoms with Crippen molar-refractivity contribution in [3.63, 3.8) is 0 Å². The number of hydrogen-bond donors (Lipinski definition) is 0. The number of anilines is 1. The Morgan fingerprint density at radius 2 is 1.72 bits per heavy atom. The number of benzene rings is 2. The Labute approximate surface area is 172 Å². The summed E-state index contributed by atoms with van der Waals surface area (Å²) in [5.41, 5.74) is 1.30. The first-order chi connectivity index (χ1) is 13.9. The molecule has 0 aliphatic heterocycles. The summed E-state index contributed by atoms with van der Waals surface area (Å²) in [4.78, 5) is 0.0256. The number of halogens is 2. The summed E-state index contributed by atoms with van der Waals surface area (Å²) in [6, 6.07) is 15.3. The van der Waals surface area contributed by atoms with Gasteiger partial charge in [0.15, 0.2) is 5.65 Å². The average molecular weight is 431 g/mol. The third kappa shape index (κ3) is 3.68.